The predicted octanol–water partition coefficient (Wildman–Crippen LogP) is -1.05. The summed E-state index contributed by atoms with van der Waals surface area (Å²) in [5, 5.41) is 5.94. The summed E-state index contributed by atoms with van der Waals surface area (Å²) in [6.45, 7) is 2.34. The van der Waals surface area contributed by atoms with Crippen LogP contribution in [0.4, 0.5) is 4.79 Å². The Hall–Kier alpha value is -2.68. The second-order valence-corrected chi connectivity index (χ2v) is 5.88. The highest BCUT2D eigenvalue weighted by atomic mass is 16.6. The molecule has 9 heteroatoms. The summed E-state index contributed by atoms with van der Waals surface area (Å²) in [7, 11) is 0. The first kappa shape index (κ1) is 17.2. The number of aromatic nitrogens is 1. The Labute approximate surface area is 145 Å². The van der Waals surface area contributed by atoms with Crippen molar-refractivity contribution in [2.75, 3.05) is 39.3 Å². The van der Waals surface area contributed by atoms with Crippen molar-refractivity contribution in [3.8, 4) is 0 Å². The monoisotopic (exact) mass is 347 g/mol. The van der Waals surface area contributed by atoms with E-state index >= 15 is 0 Å². The second kappa shape index (κ2) is 7.93. The Balaban J connectivity index is 1.58. The number of nitrogens with one attached hydrogen (secondary N) is 2. The number of nitrogens with zero attached hydrogens (tertiary/aromatic N) is 3. The molecule has 0 spiro atoms. The normalized spacial score (nSPS) is 20.3. The summed E-state index contributed by atoms with van der Waals surface area (Å²) in [5.74, 6) is -0.492. The van der Waals surface area contributed by atoms with Gasteiger partial charge in [0.25, 0.3) is 0 Å². The first-order chi connectivity index (χ1) is 12.1. The van der Waals surface area contributed by atoms with Gasteiger partial charge < -0.3 is 20.3 Å². The molecule has 3 rings (SSSR count). The van der Waals surface area contributed by atoms with E-state index in [9.17, 15) is 14.4 Å². The molecule has 2 saturated heterocycles. The summed E-state index contributed by atoms with van der Waals surface area (Å²) >= 11 is 0. The molecule has 0 radical (unpaired) electrons. The first-order valence-electron chi connectivity index (χ1n) is 8.24. The highest BCUT2D eigenvalue weighted by molar-refractivity contribution is 5.90. The lowest BCUT2D eigenvalue weighted by atomic mass is 10.1. The number of pyridine rings is 1. The van der Waals surface area contributed by atoms with E-state index in [1.807, 2.05) is 12.1 Å². The minimum Gasteiger partial charge on any atom is -0.448 e. The van der Waals surface area contributed by atoms with Gasteiger partial charge in [-0.25, -0.2) is 4.79 Å². The van der Waals surface area contributed by atoms with Gasteiger partial charge >= 0.3 is 6.09 Å². The fourth-order valence-electron chi connectivity index (χ4n) is 2.86. The van der Waals surface area contributed by atoms with Gasteiger partial charge in [0.1, 0.15) is 19.2 Å². The number of piperazine rings is 1. The SMILES string of the molecule is O=C(NCc1ccccn1)C1CNCCN1C(=O)CN1CCOC1=O. The molecule has 3 amide bonds. The maximum atomic E-state index is 12.5. The molecule has 1 atom stereocenters. The van der Waals surface area contributed by atoms with Crippen LogP contribution in [0.25, 0.3) is 0 Å². The third kappa shape index (κ3) is 4.24. The van der Waals surface area contributed by atoms with Gasteiger partial charge in [-0.3, -0.25) is 19.5 Å². The number of carbonyl (C=O) groups excluding carboxylic acids is 3. The van der Waals surface area contributed by atoms with Crippen LogP contribution in [0.3, 0.4) is 0 Å². The molecule has 134 valence electrons. The molecule has 9 nitrogen and oxygen atoms in total. The van der Waals surface area contributed by atoms with Crippen molar-refractivity contribution in [3.63, 3.8) is 0 Å². The number of hydrogen-bond acceptors (Lipinski definition) is 6. The fraction of sp³-hybridized carbons (Fsp3) is 0.500. The Bertz CT molecular complexity index is 639. The number of amides is 3. The van der Waals surface area contributed by atoms with E-state index in [4.69, 9.17) is 4.74 Å². The second-order valence-electron chi connectivity index (χ2n) is 5.88. The van der Waals surface area contributed by atoms with Gasteiger partial charge in [-0.2, -0.15) is 0 Å². The molecule has 1 aromatic rings. The molecular weight excluding hydrogens is 326 g/mol. The lowest BCUT2D eigenvalue weighted by Gasteiger charge is -2.35. The summed E-state index contributed by atoms with van der Waals surface area (Å²) in [4.78, 5) is 43.6. The van der Waals surface area contributed by atoms with Crippen LogP contribution in [0.5, 0.6) is 0 Å². The summed E-state index contributed by atoms with van der Waals surface area (Å²) in [6, 6.07) is 4.87. The number of carbonyl (C=O) groups is 3. The molecule has 2 N–H and O–H groups in total. The quantitative estimate of drug-likeness (QED) is 0.704. The van der Waals surface area contributed by atoms with Gasteiger partial charge in [0, 0.05) is 25.8 Å². The summed E-state index contributed by atoms with van der Waals surface area (Å²) < 4.78 is 4.83. The minimum atomic E-state index is -0.608. The van der Waals surface area contributed by atoms with Crippen LogP contribution in [-0.4, -0.2) is 78.1 Å². The van der Waals surface area contributed by atoms with Crippen molar-refractivity contribution in [3.05, 3.63) is 30.1 Å². The number of rotatable bonds is 5. The third-order valence-electron chi connectivity index (χ3n) is 4.21. The predicted molar refractivity (Wildman–Crippen MR) is 87.4 cm³/mol. The molecule has 2 aliphatic heterocycles. The van der Waals surface area contributed by atoms with E-state index in [1.54, 1.807) is 12.3 Å². The molecule has 0 aromatic carbocycles. The standard InChI is InChI=1S/C16H21N5O4/c22-14(11-20-7-8-25-16(20)24)21-6-5-17-10-13(21)15(23)19-9-12-3-1-2-4-18-12/h1-4,13,17H,5-11H2,(H,19,23). The maximum absolute atomic E-state index is 12.5. The molecule has 0 aliphatic carbocycles. The van der Waals surface area contributed by atoms with E-state index in [0.717, 1.165) is 5.69 Å². The zero-order chi connectivity index (χ0) is 17.6. The lowest BCUT2D eigenvalue weighted by Crippen LogP contribution is -2.60. The van der Waals surface area contributed by atoms with Gasteiger partial charge in [-0.1, -0.05) is 6.07 Å². The molecule has 0 bridgehead atoms. The molecule has 1 aromatic heterocycles. The van der Waals surface area contributed by atoms with Crippen molar-refractivity contribution in [1.82, 2.24) is 25.4 Å². The molecular formula is C16H21N5O4. The van der Waals surface area contributed by atoms with Crippen molar-refractivity contribution in [2.24, 2.45) is 0 Å². The van der Waals surface area contributed by atoms with E-state index in [-0.39, 0.29) is 18.4 Å². The van der Waals surface area contributed by atoms with Gasteiger partial charge in [0.15, 0.2) is 0 Å². The van der Waals surface area contributed by atoms with E-state index in [1.165, 1.54) is 9.80 Å². The average Bonchev–Trinajstić information content (AvgIpc) is 3.05. The Morgan fingerprint density at radius 1 is 1.36 bits per heavy atom. The van der Waals surface area contributed by atoms with Crippen LogP contribution in [0.2, 0.25) is 0 Å². The Kier molecular flexibility index (Phi) is 5.44. The van der Waals surface area contributed by atoms with E-state index in [0.29, 0.717) is 39.3 Å². The number of hydrogen-bond donors (Lipinski definition) is 2. The Morgan fingerprint density at radius 3 is 2.96 bits per heavy atom. The number of ether oxygens (including phenoxy) is 1. The largest absolute Gasteiger partial charge is 0.448 e. The molecule has 2 aliphatic rings. The van der Waals surface area contributed by atoms with Gasteiger partial charge in [0.2, 0.25) is 11.8 Å². The lowest BCUT2D eigenvalue weighted by molar-refractivity contribution is -0.142. The van der Waals surface area contributed by atoms with Crippen LogP contribution in [0, 0.1) is 0 Å². The van der Waals surface area contributed by atoms with E-state index < -0.39 is 12.1 Å². The number of cyclic esters (lactones) is 1. The topological polar surface area (TPSA) is 104 Å². The zero-order valence-corrected chi connectivity index (χ0v) is 13.8. The minimum absolute atomic E-state index is 0.0666. The first-order valence-corrected chi connectivity index (χ1v) is 8.24. The smallest absolute Gasteiger partial charge is 0.410 e. The highest BCUT2D eigenvalue weighted by Gasteiger charge is 2.34. The zero-order valence-electron chi connectivity index (χ0n) is 13.8. The summed E-state index contributed by atoms with van der Waals surface area (Å²) in [6.07, 6.45) is 1.17. The van der Waals surface area contributed by atoms with Gasteiger partial charge in [-0.15, -0.1) is 0 Å². The molecule has 2 fully saturated rings. The van der Waals surface area contributed by atoms with Crippen LogP contribution in [0.1, 0.15) is 5.69 Å². The Morgan fingerprint density at radius 2 is 2.24 bits per heavy atom. The summed E-state index contributed by atoms with van der Waals surface area (Å²) in [5.41, 5.74) is 0.748. The molecule has 1 unspecified atom stereocenters. The molecule has 25 heavy (non-hydrogen) atoms. The van der Waals surface area contributed by atoms with Crippen LogP contribution in [0.15, 0.2) is 24.4 Å². The molecule has 3 heterocycles. The molecule has 0 saturated carbocycles. The van der Waals surface area contributed by atoms with Crippen LogP contribution >= 0.6 is 0 Å². The third-order valence-corrected chi connectivity index (χ3v) is 4.21. The van der Waals surface area contributed by atoms with Crippen molar-refractivity contribution >= 4 is 17.9 Å². The van der Waals surface area contributed by atoms with Crippen LogP contribution < -0.4 is 10.6 Å². The van der Waals surface area contributed by atoms with Gasteiger partial charge in [-0.05, 0) is 12.1 Å². The average molecular weight is 347 g/mol. The van der Waals surface area contributed by atoms with Crippen molar-refractivity contribution in [1.29, 1.82) is 0 Å². The van der Waals surface area contributed by atoms with E-state index in [2.05, 4.69) is 15.6 Å². The van der Waals surface area contributed by atoms with Crippen molar-refractivity contribution in [2.45, 2.75) is 12.6 Å². The van der Waals surface area contributed by atoms with Gasteiger partial charge in [0.05, 0.1) is 18.8 Å². The fourth-order valence-corrected chi connectivity index (χ4v) is 2.86. The maximum Gasteiger partial charge on any atom is 0.410 e. The van der Waals surface area contributed by atoms with Crippen LogP contribution in [-0.2, 0) is 20.9 Å². The highest BCUT2D eigenvalue weighted by Crippen LogP contribution is 2.09. The van der Waals surface area contributed by atoms with Crippen molar-refractivity contribution < 1.29 is 19.1 Å².